The van der Waals surface area contributed by atoms with Gasteiger partial charge in [-0.1, -0.05) is 60.7 Å². The molecular weight excluding hydrogens is 208 g/mol. The van der Waals surface area contributed by atoms with Crippen LogP contribution in [-0.4, -0.2) is 5.71 Å². The summed E-state index contributed by atoms with van der Waals surface area (Å²) in [5.41, 5.74) is 8.79. The fourth-order valence-corrected chi connectivity index (χ4v) is 1.57. The number of rotatable bonds is 3. The number of hydrogen-bond donors (Lipinski definition) is 2. The quantitative estimate of drug-likeness (QED) is 0.770. The smallest absolute Gasteiger partial charge is 0.0632 e. The third-order valence-corrected chi connectivity index (χ3v) is 2.49. The van der Waals surface area contributed by atoms with Crippen LogP contribution < -0.4 is 5.73 Å². The molecule has 3 N–H and O–H groups in total. The van der Waals surface area contributed by atoms with Crippen molar-refractivity contribution in [3.05, 3.63) is 77.9 Å². The minimum absolute atomic E-state index is 0.423. The number of hydrogen-bond acceptors (Lipinski definition) is 2. The van der Waals surface area contributed by atoms with Crippen molar-refractivity contribution in [2.45, 2.75) is 0 Å². The van der Waals surface area contributed by atoms with Crippen molar-refractivity contribution in [2.75, 3.05) is 0 Å². The largest absolute Gasteiger partial charge is 0.398 e. The van der Waals surface area contributed by atoms with Crippen LogP contribution in [0.4, 0.5) is 0 Å². The maximum Gasteiger partial charge on any atom is 0.0632 e. The first kappa shape index (κ1) is 11.1. The zero-order valence-electron chi connectivity index (χ0n) is 9.43. The minimum Gasteiger partial charge on any atom is -0.398 e. The maximum atomic E-state index is 7.95. The van der Waals surface area contributed by atoms with Crippen LogP contribution in [0.2, 0.25) is 0 Å². The van der Waals surface area contributed by atoms with E-state index in [0.717, 1.165) is 11.1 Å². The molecule has 17 heavy (non-hydrogen) atoms. The van der Waals surface area contributed by atoms with Gasteiger partial charge >= 0.3 is 0 Å². The van der Waals surface area contributed by atoms with Crippen LogP contribution in [0.5, 0.6) is 0 Å². The first-order chi connectivity index (χ1) is 8.27. The first-order valence-corrected chi connectivity index (χ1v) is 5.44. The van der Waals surface area contributed by atoms with Gasteiger partial charge < -0.3 is 11.1 Å². The zero-order valence-corrected chi connectivity index (χ0v) is 9.43. The van der Waals surface area contributed by atoms with Crippen molar-refractivity contribution >= 4 is 11.4 Å². The summed E-state index contributed by atoms with van der Waals surface area (Å²) in [4.78, 5) is 0. The molecule has 2 aromatic rings. The highest BCUT2D eigenvalue weighted by Crippen LogP contribution is 2.10. The van der Waals surface area contributed by atoms with Crippen molar-refractivity contribution in [2.24, 2.45) is 5.73 Å². The molecule has 2 rings (SSSR count). The van der Waals surface area contributed by atoms with Gasteiger partial charge in [-0.15, -0.1) is 0 Å². The highest BCUT2D eigenvalue weighted by molar-refractivity contribution is 6.09. The van der Waals surface area contributed by atoms with E-state index in [9.17, 15) is 0 Å². The summed E-state index contributed by atoms with van der Waals surface area (Å²) in [5.74, 6) is 0. The predicted molar refractivity (Wildman–Crippen MR) is 71.9 cm³/mol. The summed E-state index contributed by atoms with van der Waals surface area (Å²) in [6, 6.07) is 19.2. The lowest BCUT2D eigenvalue weighted by Crippen LogP contribution is -2.02. The molecule has 0 aromatic heterocycles. The second-order valence-electron chi connectivity index (χ2n) is 3.75. The maximum absolute atomic E-state index is 7.95. The topological polar surface area (TPSA) is 49.9 Å². The second kappa shape index (κ2) is 5.12. The fourth-order valence-electron chi connectivity index (χ4n) is 1.57. The molecule has 0 radical (unpaired) electrons. The molecule has 2 aromatic carbocycles. The molecule has 0 aliphatic carbocycles. The van der Waals surface area contributed by atoms with E-state index in [1.54, 1.807) is 6.08 Å². The molecule has 0 fully saturated rings. The van der Waals surface area contributed by atoms with Gasteiger partial charge in [0.15, 0.2) is 0 Å². The molecule has 0 atom stereocenters. The molecule has 84 valence electrons. The Morgan fingerprint density at radius 1 is 0.824 bits per heavy atom. The lowest BCUT2D eigenvalue weighted by atomic mass is 10.1. The molecular formula is C15H14N2. The zero-order chi connectivity index (χ0) is 12.1. The van der Waals surface area contributed by atoms with Crippen LogP contribution in [0.3, 0.4) is 0 Å². The predicted octanol–water partition coefficient (Wildman–Crippen LogP) is 3.05. The number of allylic oxidation sites excluding steroid dienone is 1. The molecule has 0 unspecified atom stereocenters. The standard InChI is InChI=1S/C15H14N2/c16-14(12-7-3-1-4-8-12)11-15(17)13-9-5-2-6-10-13/h1-11,16H,17H2/b15-11-,16-14?. The third-order valence-electron chi connectivity index (χ3n) is 2.49. The Kier molecular flexibility index (Phi) is 3.36. The molecule has 0 spiro atoms. The summed E-state index contributed by atoms with van der Waals surface area (Å²) >= 11 is 0. The van der Waals surface area contributed by atoms with Gasteiger partial charge in [0.2, 0.25) is 0 Å². The monoisotopic (exact) mass is 222 g/mol. The summed E-state index contributed by atoms with van der Waals surface area (Å²) < 4.78 is 0. The molecule has 0 saturated carbocycles. The van der Waals surface area contributed by atoms with E-state index in [0.29, 0.717) is 11.4 Å². The fraction of sp³-hybridized carbons (Fsp3) is 0. The van der Waals surface area contributed by atoms with E-state index in [-0.39, 0.29) is 0 Å². The number of nitrogens with one attached hydrogen (secondary N) is 1. The number of nitrogens with two attached hydrogens (primary N) is 1. The van der Waals surface area contributed by atoms with E-state index in [1.807, 2.05) is 60.7 Å². The van der Waals surface area contributed by atoms with Gasteiger partial charge in [-0.2, -0.15) is 0 Å². The van der Waals surface area contributed by atoms with Crippen LogP contribution in [0.1, 0.15) is 11.1 Å². The highest BCUT2D eigenvalue weighted by atomic mass is 14.6. The van der Waals surface area contributed by atoms with Crippen molar-refractivity contribution in [1.82, 2.24) is 0 Å². The summed E-state index contributed by atoms with van der Waals surface area (Å²) in [7, 11) is 0. The SMILES string of the molecule is N=C(/C=C(\N)c1ccccc1)c1ccccc1. The Morgan fingerprint density at radius 2 is 1.29 bits per heavy atom. The molecule has 0 aliphatic heterocycles. The van der Waals surface area contributed by atoms with Gasteiger partial charge in [-0.3, -0.25) is 0 Å². The summed E-state index contributed by atoms with van der Waals surface area (Å²) in [6.45, 7) is 0. The average Bonchev–Trinajstić information content (AvgIpc) is 2.40. The van der Waals surface area contributed by atoms with Crippen molar-refractivity contribution in [3.8, 4) is 0 Å². The summed E-state index contributed by atoms with van der Waals surface area (Å²) in [5, 5.41) is 7.95. The molecule has 0 bridgehead atoms. The Balaban J connectivity index is 2.24. The van der Waals surface area contributed by atoms with Crippen LogP contribution >= 0.6 is 0 Å². The Labute approximate surface area is 101 Å². The van der Waals surface area contributed by atoms with E-state index in [4.69, 9.17) is 11.1 Å². The molecule has 0 heterocycles. The molecule has 2 heteroatoms. The lowest BCUT2D eigenvalue weighted by Gasteiger charge is -2.03. The Morgan fingerprint density at radius 3 is 1.82 bits per heavy atom. The van der Waals surface area contributed by atoms with E-state index < -0.39 is 0 Å². The third kappa shape index (κ3) is 2.82. The Hall–Kier alpha value is -2.35. The van der Waals surface area contributed by atoms with Crippen LogP contribution in [0, 0.1) is 5.41 Å². The molecule has 0 amide bonds. The van der Waals surface area contributed by atoms with Crippen molar-refractivity contribution in [1.29, 1.82) is 5.41 Å². The molecule has 2 nitrogen and oxygen atoms in total. The van der Waals surface area contributed by atoms with Gasteiger partial charge in [0.05, 0.1) is 5.71 Å². The summed E-state index contributed by atoms with van der Waals surface area (Å²) in [6.07, 6.45) is 1.69. The van der Waals surface area contributed by atoms with E-state index in [1.165, 1.54) is 0 Å². The minimum atomic E-state index is 0.423. The van der Waals surface area contributed by atoms with Crippen molar-refractivity contribution < 1.29 is 0 Å². The second-order valence-corrected chi connectivity index (χ2v) is 3.75. The van der Waals surface area contributed by atoms with E-state index in [2.05, 4.69) is 0 Å². The van der Waals surface area contributed by atoms with Crippen LogP contribution in [0.25, 0.3) is 5.70 Å². The van der Waals surface area contributed by atoms with Crippen LogP contribution in [-0.2, 0) is 0 Å². The lowest BCUT2D eigenvalue weighted by molar-refractivity contribution is 1.47. The van der Waals surface area contributed by atoms with Gasteiger partial charge in [-0.05, 0) is 17.2 Å². The average molecular weight is 222 g/mol. The van der Waals surface area contributed by atoms with Crippen LogP contribution in [0.15, 0.2) is 66.7 Å². The van der Waals surface area contributed by atoms with Gasteiger partial charge in [0, 0.05) is 5.70 Å². The first-order valence-electron chi connectivity index (χ1n) is 5.44. The van der Waals surface area contributed by atoms with E-state index >= 15 is 0 Å². The molecule has 0 aliphatic rings. The normalized spacial score (nSPS) is 11.2. The molecule has 0 saturated heterocycles. The highest BCUT2D eigenvalue weighted by Gasteiger charge is 2.00. The van der Waals surface area contributed by atoms with Gasteiger partial charge in [0.25, 0.3) is 0 Å². The number of benzene rings is 2. The van der Waals surface area contributed by atoms with Crippen molar-refractivity contribution in [3.63, 3.8) is 0 Å². The Bertz CT molecular complexity index is 527. The van der Waals surface area contributed by atoms with Gasteiger partial charge in [0.1, 0.15) is 0 Å². The van der Waals surface area contributed by atoms with Gasteiger partial charge in [-0.25, -0.2) is 0 Å².